The van der Waals surface area contributed by atoms with E-state index >= 15 is 0 Å². The molecule has 2 N–H and O–H groups in total. The number of amides is 2. The minimum atomic E-state index is -0.930. The van der Waals surface area contributed by atoms with Crippen molar-refractivity contribution >= 4 is 40.0 Å². The van der Waals surface area contributed by atoms with Gasteiger partial charge in [-0.05, 0) is 73.9 Å². The number of cyclic esters (lactones) is 1. The molecule has 0 spiro atoms. The highest BCUT2D eigenvalue weighted by molar-refractivity contribution is 7.10. The van der Waals surface area contributed by atoms with Crippen molar-refractivity contribution in [1.82, 2.24) is 40.3 Å². The number of carbonyl (C=O) groups is 3. The lowest BCUT2D eigenvalue weighted by Crippen LogP contribution is -2.61. The van der Waals surface area contributed by atoms with E-state index in [1.165, 1.54) is 28.2 Å². The monoisotopic (exact) mass is 788 g/mol. The molecule has 6 atom stereocenters. The van der Waals surface area contributed by atoms with Crippen molar-refractivity contribution in [1.29, 1.82) is 0 Å². The van der Waals surface area contributed by atoms with Gasteiger partial charge in [0.25, 0.3) is 5.91 Å². The molecule has 4 aromatic heterocycles. The molecule has 3 aliphatic rings. The fourth-order valence-corrected chi connectivity index (χ4v) is 9.82. The van der Waals surface area contributed by atoms with Crippen LogP contribution in [-0.2, 0) is 32.1 Å². The van der Waals surface area contributed by atoms with Crippen molar-refractivity contribution in [2.45, 2.75) is 104 Å². The summed E-state index contributed by atoms with van der Waals surface area (Å²) in [7, 11) is 0. The molecule has 2 fully saturated rings. The SMILES string of the molecule is CCn1c(-c2cccnc2C(C)C)c2c3cc(ccc31)-c1csc(n1)[C@@H](C)[C@H](NC(=O)[C@H]1[C@H](C)[C@@H]1c1ccncn1)C(=O)N1CCC[C@H](N1)C(=O)OCC(C)(C)C2. The van der Waals surface area contributed by atoms with E-state index in [2.05, 4.69) is 84.2 Å². The number of aryl methyl sites for hydroxylation is 1. The smallest absolute Gasteiger partial charge is 0.324 e. The minimum absolute atomic E-state index is 0.0568. The van der Waals surface area contributed by atoms with Gasteiger partial charge in [-0.25, -0.2) is 20.4 Å². The van der Waals surface area contributed by atoms with Crippen LogP contribution in [0.25, 0.3) is 33.4 Å². The number of ether oxygens (including phenoxy) is 1. The topological polar surface area (TPSA) is 144 Å². The van der Waals surface area contributed by atoms with Gasteiger partial charge in [-0.15, -0.1) is 11.3 Å². The molecule has 12 nitrogen and oxygen atoms in total. The van der Waals surface area contributed by atoms with Crippen LogP contribution in [0.2, 0.25) is 0 Å². The second-order valence-electron chi connectivity index (χ2n) is 17.0. The maximum atomic E-state index is 14.5. The number of hydrogen-bond donors (Lipinski definition) is 2. The molecule has 57 heavy (non-hydrogen) atoms. The molecule has 298 valence electrons. The number of fused-ring (bicyclic) bond motifs is 6. The highest BCUT2D eigenvalue weighted by Crippen LogP contribution is 2.53. The highest BCUT2D eigenvalue weighted by Gasteiger charge is 2.54. The van der Waals surface area contributed by atoms with Crippen LogP contribution in [0.1, 0.15) is 101 Å². The van der Waals surface area contributed by atoms with Gasteiger partial charge in [0.1, 0.15) is 18.4 Å². The first kappa shape index (κ1) is 38.8. The first-order valence-electron chi connectivity index (χ1n) is 20.2. The molecular weight excluding hydrogens is 737 g/mol. The van der Waals surface area contributed by atoms with Gasteiger partial charge in [0, 0.05) is 81.8 Å². The molecule has 8 rings (SSSR count). The molecule has 1 saturated carbocycles. The number of esters is 1. The summed E-state index contributed by atoms with van der Waals surface area (Å²) in [6.45, 7) is 16.1. The van der Waals surface area contributed by atoms with Crippen molar-refractivity contribution in [3.8, 4) is 22.5 Å². The summed E-state index contributed by atoms with van der Waals surface area (Å²) in [6, 6.07) is 10.9. The molecule has 6 heterocycles. The van der Waals surface area contributed by atoms with Crippen LogP contribution in [0.4, 0.5) is 0 Å². The molecule has 2 amide bonds. The molecule has 1 aromatic carbocycles. The number of benzene rings is 1. The van der Waals surface area contributed by atoms with Crippen molar-refractivity contribution in [3.63, 3.8) is 0 Å². The Kier molecular flexibility index (Phi) is 10.5. The van der Waals surface area contributed by atoms with Gasteiger partial charge >= 0.3 is 5.97 Å². The Balaban J connectivity index is 1.22. The second kappa shape index (κ2) is 15.4. The summed E-state index contributed by atoms with van der Waals surface area (Å²) in [4.78, 5) is 60.8. The number of carbonyl (C=O) groups excluding carboxylic acids is 3. The Morgan fingerprint density at radius 1 is 1.12 bits per heavy atom. The first-order chi connectivity index (χ1) is 27.4. The van der Waals surface area contributed by atoms with E-state index in [0.717, 1.165) is 56.4 Å². The summed E-state index contributed by atoms with van der Waals surface area (Å²) in [5, 5.41) is 8.54. The van der Waals surface area contributed by atoms with Gasteiger partial charge in [0.05, 0.1) is 28.7 Å². The fraction of sp³-hybridized carbons (Fsp3) is 0.477. The summed E-state index contributed by atoms with van der Waals surface area (Å²) < 4.78 is 8.49. The van der Waals surface area contributed by atoms with Crippen molar-refractivity contribution in [2.24, 2.45) is 17.3 Å². The average molecular weight is 789 g/mol. The van der Waals surface area contributed by atoms with E-state index in [1.54, 1.807) is 6.20 Å². The molecule has 0 unspecified atom stereocenters. The molecule has 6 bridgehead atoms. The van der Waals surface area contributed by atoms with E-state index < -0.39 is 29.4 Å². The number of nitrogens with zero attached hydrogens (tertiary/aromatic N) is 6. The van der Waals surface area contributed by atoms with Crippen molar-refractivity contribution < 1.29 is 19.1 Å². The zero-order chi connectivity index (χ0) is 40.2. The van der Waals surface area contributed by atoms with Gasteiger partial charge < -0.3 is 14.6 Å². The molecular formula is C44H52N8O4S. The maximum absolute atomic E-state index is 14.5. The predicted molar refractivity (Wildman–Crippen MR) is 220 cm³/mol. The molecule has 1 aliphatic carbocycles. The van der Waals surface area contributed by atoms with Gasteiger partial charge in [0.2, 0.25) is 5.91 Å². The largest absolute Gasteiger partial charge is 0.464 e. The number of nitrogens with one attached hydrogen (secondary N) is 2. The van der Waals surface area contributed by atoms with Gasteiger partial charge in [-0.1, -0.05) is 47.6 Å². The van der Waals surface area contributed by atoms with Crippen LogP contribution < -0.4 is 10.7 Å². The molecule has 5 aromatic rings. The molecule has 1 saturated heterocycles. The third kappa shape index (κ3) is 7.36. The fourth-order valence-electron chi connectivity index (χ4n) is 8.89. The van der Waals surface area contributed by atoms with E-state index in [0.29, 0.717) is 25.8 Å². The average Bonchev–Trinajstić information content (AvgIpc) is 3.51. The second-order valence-corrected chi connectivity index (χ2v) is 17.9. The van der Waals surface area contributed by atoms with Crippen LogP contribution in [0.5, 0.6) is 0 Å². The first-order valence-corrected chi connectivity index (χ1v) is 21.1. The van der Waals surface area contributed by atoms with Crippen LogP contribution >= 0.6 is 11.3 Å². The quantitative estimate of drug-likeness (QED) is 0.174. The van der Waals surface area contributed by atoms with E-state index in [9.17, 15) is 14.4 Å². The lowest BCUT2D eigenvalue weighted by Gasteiger charge is -2.36. The van der Waals surface area contributed by atoms with Crippen LogP contribution in [0, 0.1) is 17.3 Å². The number of pyridine rings is 1. The van der Waals surface area contributed by atoms with Crippen molar-refractivity contribution in [2.75, 3.05) is 13.2 Å². The standard InChI is InChI=1S/C44H52N8O4S/c1-8-51-34-14-13-27-19-29(34)30(39(51)28-11-9-16-46-37(28)24(2)3)20-44(6,7)22-56-43(55)32-12-10-18-52(50-32)42(54)38(26(5)41-48-33(27)21-57-41)49-40(53)36-25(4)35(36)31-15-17-45-23-47-31/h9,11,13-17,19,21,23-26,32,35-36,38,50H,8,10,12,18,20,22H2,1-7H3,(H,49,53)/t25-,26+,32+,35-,36+,38+/m1/s1. The Hall–Kier alpha value is -5.01. The van der Waals surface area contributed by atoms with Crippen LogP contribution in [-0.4, -0.2) is 72.5 Å². The van der Waals surface area contributed by atoms with E-state index in [1.807, 2.05) is 37.6 Å². The number of hydrogen-bond acceptors (Lipinski definition) is 10. The number of hydrazine groups is 1. The summed E-state index contributed by atoms with van der Waals surface area (Å²) >= 11 is 1.49. The van der Waals surface area contributed by atoms with Gasteiger partial charge in [-0.2, -0.15) is 0 Å². The lowest BCUT2D eigenvalue weighted by atomic mass is 9.84. The van der Waals surface area contributed by atoms with E-state index in [-0.39, 0.29) is 42.1 Å². The molecule has 0 radical (unpaired) electrons. The third-order valence-corrected chi connectivity index (χ3v) is 13.1. The van der Waals surface area contributed by atoms with Crippen LogP contribution in [0.3, 0.4) is 0 Å². The zero-order valence-electron chi connectivity index (χ0n) is 33.8. The van der Waals surface area contributed by atoms with Crippen molar-refractivity contribution in [3.05, 3.63) is 82.5 Å². The summed E-state index contributed by atoms with van der Waals surface area (Å²) in [5.74, 6) is -1.48. The van der Waals surface area contributed by atoms with Gasteiger partial charge in [0.15, 0.2) is 0 Å². The lowest BCUT2D eigenvalue weighted by molar-refractivity contribution is -0.155. The number of rotatable bonds is 6. The Morgan fingerprint density at radius 3 is 2.70 bits per heavy atom. The highest BCUT2D eigenvalue weighted by atomic mass is 32.1. The number of thiazole rings is 1. The van der Waals surface area contributed by atoms with Crippen LogP contribution in [0.15, 0.2) is 60.5 Å². The summed E-state index contributed by atoms with van der Waals surface area (Å²) in [6.07, 6.45) is 6.83. The normalized spacial score (nSPS) is 24.9. The summed E-state index contributed by atoms with van der Waals surface area (Å²) in [5.41, 5.74) is 10.9. The molecule has 13 heteroatoms. The zero-order valence-corrected chi connectivity index (χ0v) is 34.6. The minimum Gasteiger partial charge on any atom is -0.464 e. The Morgan fingerprint density at radius 2 is 1.95 bits per heavy atom. The Bertz CT molecular complexity index is 2320. The number of aromatic nitrogens is 5. The predicted octanol–water partition coefficient (Wildman–Crippen LogP) is 7.02. The van der Waals surface area contributed by atoms with Gasteiger partial charge in [-0.3, -0.25) is 24.4 Å². The van der Waals surface area contributed by atoms with E-state index in [4.69, 9.17) is 14.7 Å². The Labute approximate surface area is 337 Å². The third-order valence-electron chi connectivity index (χ3n) is 12.0. The maximum Gasteiger partial charge on any atom is 0.324 e. The molecule has 2 aliphatic heterocycles.